The molecule has 36 heavy (non-hydrogen) atoms. The molecule has 0 fully saturated rings. The number of unbranched alkanes of at least 4 members (excludes halogenated alkanes) is 12. The molecule has 0 aliphatic carbocycles. The first-order valence-electron chi connectivity index (χ1n) is 14.7. The fourth-order valence-electron chi connectivity index (χ4n) is 4.28. The quantitative estimate of drug-likeness (QED) is 0.190. The Kier molecular flexibility index (Phi) is 20.0. The molecule has 1 unspecified atom stereocenters. The lowest BCUT2D eigenvalue weighted by Crippen LogP contribution is -2.03. The van der Waals surface area contributed by atoms with Gasteiger partial charge in [0.15, 0.2) is 0 Å². The van der Waals surface area contributed by atoms with Crippen molar-refractivity contribution >= 4 is 0 Å². The predicted molar refractivity (Wildman–Crippen MR) is 155 cm³/mol. The van der Waals surface area contributed by atoms with E-state index in [1.165, 1.54) is 108 Å². The number of benzene rings is 2. The standard InChI is InChI=1S/C30H46O.C3H8O2/c1-3-5-7-9-11-13-15-21-27-23-17-19-25-29(27)31-30-26-20-18-24-28(30)22-16-14-12-10-8-6-4-2;1-3(5)2-4/h17-20,23-26H,3-16,21-22H2,1-2H3;3-5H,2H2,1H3. The molecule has 0 spiro atoms. The van der Waals surface area contributed by atoms with E-state index in [-0.39, 0.29) is 6.61 Å². The summed E-state index contributed by atoms with van der Waals surface area (Å²) in [6.07, 6.45) is 20.5. The maximum Gasteiger partial charge on any atom is 0.130 e. The fraction of sp³-hybridized carbons (Fsp3) is 0.636. The molecule has 0 aliphatic heterocycles. The Morgan fingerprint density at radius 2 is 0.917 bits per heavy atom. The Labute approximate surface area is 222 Å². The van der Waals surface area contributed by atoms with Gasteiger partial charge in [0.05, 0.1) is 12.7 Å². The number of para-hydroxylation sites is 2. The van der Waals surface area contributed by atoms with Gasteiger partial charge in [-0.1, -0.05) is 127 Å². The SMILES string of the molecule is CC(O)CO.CCCCCCCCCc1ccccc1Oc1ccccc1CCCCCCCCC. The lowest BCUT2D eigenvalue weighted by atomic mass is 10.0. The Hall–Kier alpha value is -1.84. The van der Waals surface area contributed by atoms with Crippen molar-refractivity contribution in [1.82, 2.24) is 0 Å². The molecule has 0 saturated heterocycles. The smallest absolute Gasteiger partial charge is 0.130 e. The maximum absolute atomic E-state index is 8.11. The molecule has 0 amide bonds. The highest BCUT2D eigenvalue weighted by atomic mass is 16.5. The number of aliphatic hydroxyl groups is 2. The summed E-state index contributed by atoms with van der Waals surface area (Å²) in [7, 11) is 0. The number of hydrogen-bond acceptors (Lipinski definition) is 3. The first kappa shape index (κ1) is 32.2. The van der Waals surface area contributed by atoms with Gasteiger partial charge in [0.2, 0.25) is 0 Å². The van der Waals surface area contributed by atoms with Crippen LogP contribution in [0.4, 0.5) is 0 Å². The monoisotopic (exact) mass is 498 g/mol. The molecule has 0 aliphatic rings. The highest BCUT2D eigenvalue weighted by Crippen LogP contribution is 2.30. The molecular weight excluding hydrogens is 444 g/mol. The van der Waals surface area contributed by atoms with Crippen LogP contribution in [0.25, 0.3) is 0 Å². The van der Waals surface area contributed by atoms with Gasteiger partial charge in [-0.15, -0.1) is 0 Å². The molecular formula is C33H54O3. The van der Waals surface area contributed by atoms with Gasteiger partial charge in [-0.25, -0.2) is 0 Å². The molecule has 0 radical (unpaired) electrons. The summed E-state index contributed by atoms with van der Waals surface area (Å²) >= 11 is 0. The van der Waals surface area contributed by atoms with Gasteiger partial charge in [-0.2, -0.15) is 0 Å². The number of aryl methyl sites for hydroxylation is 2. The average molecular weight is 499 g/mol. The van der Waals surface area contributed by atoms with Crippen LogP contribution in [0.1, 0.15) is 122 Å². The fourth-order valence-corrected chi connectivity index (χ4v) is 4.28. The molecule has 0 bridgehead atoms. The molecule has 0 aromatic heterocycles. The summed E-state index contributed by atoms with van der Waals surface area (Å²) in [4.78, 5) is 0. The van der Waals surface area contributed by atoms with E-state index >= 15 is 0 Å². The summed E-state index contributed by atoms with van der Waals surface area (Å²) in [5, 5.41) is 16.0. The summed E-state index contributed by atoms with van der Waals surface area (Å²) in [6.45, 7) is 5.95. The van der Waals surface area contributed by atoms with Crippen molar-refractivity contribution in [3.63, 3.8) is 0 Å². The molecule has 0 heterocycles. The van der Waals surface area contributed by atoms with Gasteiger partial charge in [-0.05, 0) is 55.9 Å². The third-order valence-electron chi connectivity index (χ3n) is 6.53. The first-order chi connectivity index (χ1) is 17.6. The van der Waals surface area contributed by atoms with E-state index in [2.05, 4.69) is 62.4 Å². The van der Waals surface area contributed by atoms with Crippen molar-refractivity contribution in [3.8, 4) is 11.5 Å². The molecule has 2 aromatic carbocycles. The van der Waals surface area contributed by atoms with Crippen molar-refractivity contribution in [2.75, 3.05) is 6.61 Å². The van der Waals surface area contributed by atoms with Crippen molar-refractivity contribution in [2.45, 2.75) is 130 Å². The van der Waals surface area contributed by atoms with Crippen molar-refractivity contribution in [3.05, 3.63) is 59.7 Å². The Morgan fingerprint density at radius 3 is 1.28 bits per heavy atom. The van der Waals surface area contributed by atoms with E-state index in [9.17, 15) is 0 Å². The number of ether oxygens (including phenoxy) is 1. The summed E-state index contributed by atoms with van der Waals surface area (Å²) in [6, 6.07) is 17.3. The topological polar surface area (TPSA) is 49.7 Å². The van der Waals surface area contributed by atoms with E-state index in [0.29, 0.717) is 0 Å². The first-order valence-corrected chi connectivity index (χ1v) is 14.7. The highest BCUT2D eigenvalue weighted by molar-refractivity contribution is 5.41. The van der Waals surface area contributed by atoms with E-state index in [1.807, 2.05) is 0 Å². The summed E-state index contributed by atoms with van der Waals surface area (Å²) < 4.78 is 6.46. The molecule has 2 rings (SSSR count). The largest absolute Gasteiger partial charge is 0.457 e. The van der Waals surface area contributed by atoms with Crippen LogP contribution in [0.15, 0.2) is 48.5 Å². The Morgan fingerprint density at radius 1 is 0.583 bits per heavy atom. The molecule has 2 N–H and O–H groups in total. The summed E-state index contributed by atoms with van der Waals surface area (Å²) in [5.41, 5.74) is 2.70. The minimum Gasteiger partial charge on any atom is -0.457 e. The number of aliphatic hydroxyl groups excluding tert-OH is 2. The zero-order chi connectivity index (χ0) is 26.3. The van der Waals surface area contributed by atoms with Gasteiger partial charge < -0.3 is 14.9 Å². The lowest BCUT2D eigenvalue weighted by Gasteiger charge is -2.14. The van der Waals surface area contributed by atoms with Crippen LogP contribution < -0.4 is 4.74 Å². The third-order valence-corrected chi connectivity index (χ3v) is 6.53. The molecule has 1 atom stereocenters. The molecule has 0 saturated carbocycles. The van der Waals surface area contributed by atoms with Gasteiger partial charge in [0.1, 0.15) is 11.5 Å². The van der Waals surface area contributed by atoms with Crippen LogP contribution in [-0.2, 0) is 12.8 Å². The number of hydrogen-bond donors (Lipinski definition) is 2. The van der Waals surface area contributed by atoms with Crippen LogP contribution in [0.2, 0.25) is 0 Å². The van der Waals surface area contributed by atoms with E-state index < -0.39 is 6.10 Å². The maximum atomic E-state index is 8.11. The van der Waals surface area contributed by atoms with Gasteiger partial charge in [0.25, 0.3) is 0 Å². The van der Waals surface area contributed by atoms with E-state index in [1.54, 1.807) is 0 Å². The van der Waals surface area contributed by atoms with Gasteiger partial charge >= 0.3 is 0 Å². The molecule has 3 nitrogen and oxygen atoms in total. The van der Waals surface area contributed by atoms with Crippen LogP contribution in [0.3, 0.4) is 0 Å². The van der Waals surface area contributed by atoms with Gasteiger partial charge in [0, 0.05) is 0 Å². The minimum absolute atomic E-state index is 0.139. The predicted octanol–water partition coefficient (Wildman–Crippen LogP) is 9.42. The second-order valence-electron chi connectivity index (χ2n) is 10.1. The van der Waals surface area contributed by atoms with Crippen molar-refractivity contribution in [1.29, 1.82) is 0 Å². The Balaban J connectivity index is 0.00000118. The van der Waals surface area contributed by atoms with E-state index in [4.69, 9.17) is 14.9 Å². The van der Waals surface area contributed by atoms with Crippen LogP contribution in [-0.4, -0.2) is 22.9 Å². The third kappa shape index (κ3) is 16.0. The lowest BCUT2D eigenvalue weighted by molar-refractivity contribution is 0.110. The molecule has 2 aromatic rings. The molecule has 3 heteroatoms. The van der Waals surface area contributed by atoms with Crippen LogP contribution in [0, 0.1) is 0 Å². The average Bonchev–Trinajstić information content (AvgIpc) is 2.89. The summed E-state index contributed by atoms with van der Waals surface area (Å²) in [5.74, 6) is 2.08. The van der Waals surface area contributed by atoms with Crippen molar-refractivity contribution in [2.24, 2.45) is 0 Å². The second-order valence-corrected chi connectivity index (χ2v) is 10.1. The minimum atomic E-state index is -0.560. The Bertz CT molecular complexity index is 697. The molecule has 204 valence electrons. The zero-order valence-corrected chi connectivity index (χ0v) is 23.5. The normalized spacial score (nSPS) is 11.6. The van der Waals surface area contributed by atoms with Gasteiger partial charge in [-0.3, -0.25) is 0 Å². The number of rotatable bonds is 19. The van der Waals surface area contributed by atoms with Crippen LogP contribution >= 0.6 is 0 Å². The highest BCUT2D eigenvalue weighted by Gasteiger charge is 2.08. The van der Waals surface area contributed by atoms with Crippen LogP contribution in [0.5, 0.6) is 11.5 Å². The van der Waals surface area contributed by atoms with Crippen molar-refractivity contribution < 1.29 is 14.9 Å². The zero-order valence-electron chi connectivity index (χ0n) is 23.5. The van der Waals surface area contributed by atoms with E-state index in [0.717, 1.165) is 24.3 Å². The second kappa shape index (κ2) is 22.4.